The minimum absolute atomic E-state index is 0.278. The van der Waals surface area contributed by atoms with Crippen LogP contribution in [0.1, 0.15) is 16.7 Å². The molecule has 0 bridgehead atoms. The maximum atomic E-state index is 5.71. The molecule has 2 nitrogen and oxygen atoms in total. The second-order valence-electron chi connectivity index (χ2n) is 5.37. The molecule has 0 aliphatic carbocycles. The van der Waals surface area contributed by atoms with Crippen molar-refractivity contribution in [1.82, 2.24) is 0 Å². The quantitative estimate of drug-likeness (QED) is 0.633. The van der Waals surface area contributed by atoms with Crippen molar-refractivity contribution in [2.45, 2.75) is 0 Å². The van der Waals surface area contributed by atoms with Gasteiger partial charge in [-0.2, -0.15) is 0 Å². The first-order valence-electron chi connectivity index (χ1n) is 7.63. The Labute approximate surface area is 135 Å². The van der Waals surface area contributed by atoms with Crippen molar-refractivity contribution in [3.8, 4) is 11.5 Å². The molecule has 0 unspecified atom stereocenters. The summed E-state index contributed by atoms with van der Waals surface area (Å²) in [6.07, 6.45) is 2.19. The van der Waals surface area contributed by atoms with E-state index in [0.29, 0.717) is 0 Å². The van der Waals surface area contributed by atoms with Crippen molar-refractivity contribution in [2.75, 3.05) is 6.79 Å². The van der Waals surface area contributed by atoms with E-state index in [1.54, 1.807) is 0 Å². The molecular formula is C21H16O2. The molecule has 23 heavy (non-hydrogen) atoms. The fraction of sp³-hybridized carbons (Fsp3) is 0.0476. The molecule has 112 valence electrons. The normalized spacial score (nSPS) is 13.1. The average molecular weight is 300 g/mol. The van der Waals surface area contributed by atoms with Crippen molar-refractivity contribution in [1.29, 1.82) is 0 Å². The van der Waals surface area contributed by atoms with Crippen LogP contribution in [-0.2, 0) is 0 Å². The molecule has 0 saturated carbocycles. The van der Waals surface area contributed by atoms with E-state index >= 15 is 0 Å². The number of para-hydroxylation sites is 1. The molecule has 0 N–H and O–H groups in total. The van der Waals surface area contributed by atoms with Crippen LogP contribution in [0.4, 0.5) is 0 Å². The minimum Gasteiger partial charge on any atom is -0.454 e. The van der Waals surface area contributed by atoms with Gasteiger partial charge in [0.1, 0.15) is 0 Å². The van der Waals surface area contributed by atoms with Gasteiger partial charge < -0.3 is 9.47 Å². The molecule has 1 aliphatic rings. The zero-order valence-electron chi connectivity index (χ0n) is 12.6. The standard InChI is InChI=1S/C21H16O2/c1-3-8-16(9-4-1)14-19(17-10-5-2-6-11-17)18-12-7-13-20-21(18)23-15-22-20/h1-14H,15H2/b19-14+. The van der Waals surface area contributed by atoms with E-state index in [4.69, 9.17) is 9.47 Å². The summed E-state index contributed by atoms with van der Waals surface area (Å²) in [5, 5.41) is 0. The second kappa shape index (κ2) is 6.01. The predicted octanol–water partition coefficient (Wildman–Crippen LogP) is 5.00. The third-order valence-electron chi connectivity index (χ3n) is 3.88. The average Bonchev–Trinajstić information content (AvgIpc) is 3.10. The second-order valence-corrected chi connectivity index (χ2v) is 5.37. The summed E-state index contributed by atoms with van der Waals surface area (Å²) in [5.41, 5.74) is 4.48. The third-order valence-corrected chi connectivity index (χ3v) is 3.88. The van der Waals surface area contributed by atoms with Crippen LogP contribution in [-0.4, -0.2) is 6.79 Å². The van der Waals surface area contributed by atoms with Gasteiger partial charge in [0.05, 0.1) is 0 Å². The molecule has 0 amide bonds. The summed E-state index contributed by atoms with van der Waals surface area (Å²) in [5.74, 6) is 1.62. The lowest BCUT2D eigenvalue weighted by Crippen LogP contribution is -1.95. The molecule has 0 spiro atoms. The molecule has 1 aliphatic heterocycles. The molecule has 3 aromatic carbocycles. The fourth-order valence-corrected chi connectivity index (χ4v) is 2.79. The topological polar surface area (TPSA) is 18.5 Å². The van der Waals surface area contributed by atoms with Crippen LogP contribution in [0.3, 0.4) is 0 Å². The fourth-order valence-electron chi connectivity index (χ4n) is 2.79. The Morgan fingerprint density at radius 2 is 1.48 bits per heavy atom. The summed E-state index contributed by atoms with van der Waals surface area (Å²) in [6, 6.07) is 26.7. The first-order chi connectivity index (χ1) is 11.4. The predicted molar refractivity (Wildman–Crippen MR) is 92.4 cm³/mol. The van der Waals surface area contributed by atoms with Gasteiger partial charge in [-0.25, -0.2) is 0 Å². The minimum atomic E-state index is 0.278. The zero-order chi connectivity index (χ0) is 15.5. The van der Waals surface area contributed by atoms with E-state index in [-0.39, 0.29) is 6.79 Å². The van der Waals surface area contributed by atoms with Crippen molar-refractivity contribution < 1.29 is 9.47 Å². The summed E-state index contributed by atoms with van der Waals surface area (Å²) >= 11 is 0. The van der Waals surface area contributed by atoms with Crippen LogP contribution in [0.2, 0.25) is 0 Å². The highest BCUT2D eigenvalue weighted by molar-refractivity contribution is 5.94. The third kappa shape index (κ3) is 2.71. The van der Waals surface area contributed by atoms with Gasteiger partial charge in [0, 0.05) is 5.56 Å². The van der Waals surface area contributed by atoms with Crippen molar-refractivity contribution >= 4 is 11.6 Å². The number of benzene rings is 3. The summed E-state index contributed by atoms with van der Waals surface area (Å²) < 4.78 is 11.2. The number of hydrogen-bond acceptors (Lipinski definition) is 2. The van der Waals surface area contributed by atoms with Crippen LogP contribution >= 0.6 is 0 Å². The lowest BCUT2D eigenvalue weighted by Gasteiger charge is -2.11. The SMILES string of the molecule is C(=C(/c1ccccc1)c1cccc2c1OCO2)/c1ccccc1. The Balaban J connectivity index is 1.91. The van der Waals surface area contributed by atoms with Gasteiger partial charge in [0.2, 0.25) is 6.79 Å². The lowest BCUT2D eigenvalue weighted by atomic mass is 9.95. The van der Waals surface area contributed by atoms with Crippen LogP contribution in [0.15, 0.2) is 78.9 Å². The highest BCUT2D eigenvalue weighted by Gasteiger charge is 2.20. The van der Waals surface area contributed by atoms with Gasteiger partial charge in [-0.05, 0) is 28.8 Å². The molecule has 0 aromatic heterocycles. The van der Waals surface area contributed by atoms with E-state index in [0.717, 1.165) is 33.8 Å². The summed E-state index contributed by atoms with van der Waals surface area (Å²) in [6.45, 7) is 0.278. The van der Waals surface area contributed by atoms with E-state index in [1.807, 2.05) is 36.4 Å². The molecule has 3 aromatic rings. The Morgan fingerprint density at radius 1 is 0.739 bits per heavy atom. The smallest absolute Gasteiger partial charge is 0.231 e. The highest BCUT2D eigenvalue weighted by Crippen LogP contribution is 2.41. The van der Waals surface area contributed by atoms with Crippen LogP contribution in [0.5, 0.6) is 11.5 Å². The van der Waals surface area contributed by atoms with E-state index in [2.05, 4.69) is 48.5 Å². The number of ether oxygens (including phenoxy) is 2. The van der Waals surface area contributed by atoms with Crippen LogP contribution < -0.4 is 9.47 Å². The number of rotatable bonds is 3. The summed E-state index contributed by atoms with van der Waals surface area (Å²) in [7, 11) is 0. The van der Waals surface area contributed by atoms with E-state index < -0.39 is 0 Å². The zero-order valence-corrected chi connectivity index (χ0v) is 12.6. The van der Waals surface area contributed by atoms with Crippen molar-refractivity contribution in [3.05, 3.63) is 95.6 Å². The van der Waals surface area contributed by atoms with Crippen LogP contribution in [0.25, 0.3) is 11.6 Å². The van der Waals surface area contributed by atoms with Gasteiger partial charge in [-0.3, -0.25) is 0 Å². The maximum absolute atomic E-state index is 5.71. The molecule has 0 fully saturated rings. The van der Waals surface area contributed by atoms with Crippen molar-refractivity contribution in [3.63, 3.8) is 0 Å². The molecule has 4 rings (SSSR count). The van der Waals surface area contributed by atoms with E-state index in [9.17, 15) is 0 Å². The molecule has 2 heteroatoms. The Kier molecular flexibility index (Phi) is 3.57. The molecular weight excluding hydrogens is 284 g/mol. The molecule has 0 radical (unpaired) electrons. The van der Waals surface area contributed by atoms with Crippen LogP contribution in [0, 0.1) is 0 Å². The molecule has 1 heterocycles. The van der Waals surface area contributed by atoms with Gasteiger partial charge >= 0.3 is 0 Å². The van der Waals surface area contributed by atoms with Gasteiger partial charge in [-0.15, -0.1) is 0 Å². The summed E-state index contributed by atoms with van der Waals surface area (Å²) in [4.78, 5) is 0. The lowest BCUT2D eigenvalue weighted by molar-refractivity contribution is 0.173. The monoisotopic (exact) mass is 300 g/mol. The maximum Gasteiger partial charge on any atom is 0.231 e. The van der Waals surface area contributed by atoms with Crippen molar-refractivity contribution in [2.24, 2.45) is 0 Å². The molecule has 0 saturated heterocycles. The van der Waals surface area contributed by atoms with Gasteiger partial charge in [0.25, 0.3) is 0 Å². The van der Waals surface area contributed by atoms with E-state index in [1.165, 1.54) is 0 Å². The first-order valence-corrected chi connectivity index (χ1v) is 7.63. The Bertz CT molecular complexity index is 836. The molecule has 0 atom stereocenters. The number of fused-ring (bicyclic) bond motifs is 1. The van der Waals surface area contributed by atoms with Gasteiger partial charge in [-0.1, -0.05) is 72.8 Å². The Hall–Kier alpha value is -3.00. The highest BCUT2D eigenvalue weighted by atomic mass is 16.7. The first kappa shape index (κ1) is 13.6. The number of hydrogen-bond donors (Lipinski definition) is 0. The van der Waals surface area contributed by atoms with Gasteiger partial charge in [0.15, 0.2) is 11.5 Å². The largest absolute Gasteiger partial charge is 0.454 e. The Morgan fingerprint density at radius 3 is 2.26 bits per heavy atom.